The highest BCUT2D eigenvalue weighted by Gasteiger charge is 2.23. The van der Waals surface area contributed by atoms with Crippen LogP contribution in [-0.4, -0.2) is 29.2 Å². The number of halogens is 1. The first-order valence-electron chi connectivity index (χ1n) is 8.43. The van der Waals surface area contributed by atoms with E-state index in [0.29, 0.717) is 16.3 Å². The fraction of sp³-hybridized carbons (Fsp3) is 0.263. The zero-order valence-corrected chi connectivity index (χ0v) is 15.2. The van der Waals surface area contributed by atoms with Crippen LogP contribution in [0.5, 0.6) is 0 Å². The molecule has 0 bridgehead atoms. The molecule has 0 atom stereocenters. The Morgan fingerprint density at radius 1 is 1.04 bits per heavy atom. The van der Waals surface area contributed by atoms with Gasteiger partial charge in [0, 0.05) is 28.4 Å². The second-order valence-electron chi connectivity index (χ2n) is 6.14. The van der Waals surface area contributed by atoms with Crippen LogP contribution in [0.1, 0.15) is 35.2 Å². The van der Waals surface area contributed by atoms with Gasteiger partial charge in [-0.25, -0.2) is 10.0 Å². The van der Waals surface area contributed by atoms with E-state index in [1.807, 2.05) is 47.5 Å². The summed E-state index contributed by atoms with van der Waals surface area (Å²) in [6.45, 7) is 1.78. The molecule has 1 N–H and O–H groups in total. The van der Waals surface area contributed by atoms with Crippen molar-refractivity contribution in [1.82, 2.24) is 10.4 Å². The molecule has 1 saturated heterocycles. The highest BCUT2D eigenvalue weighted by atomic mass is 35.5. The first kappa shape index (κ1) is 16.6. The number of hydrogen-bond donors (Lipinski definition) is 1. The van der Waals surface area contributed by atoms with E-state index >= 15 is 0 Å². The van der Waals surface area contributed by atoms with Crippen LogP contribution in [0.25, 0.3) is 0 Å². The van der Waals surface area contributed by atoms with Crippen molar-refractivity contribution in [1.29, 1.82) is 0 Å². The van der Waals surface area contributed by atoms with E-state index in [1.54, 1.807) is 11.8 Å². The van der Waals surface area contributed by atoms with Crippen LogP contribution in [0.4, 0.5) is 5.69 Å². The van der Waals surface area contributed by atoms with Crippen molar-refractivity contribution in [2.75, 3.05) is 13.1 Å². The van der Waals surface area contributed by atoms with Gasteiger partial charge in [0.25, 0.3) is 5.91 Å². The molecule has 0 radical (unpaired) electrons. The summed E-state index contributed by atoms with van der Waals surface area (Å²) < 4.78 is 0. The SMILES string of the molecule is O=C(NN1CCCCC1)c1cccc2c1C(Cl)=Nc1ccccc1S2. The maximum absolute atomic E-state index is 12.8. The van der Waals surface area contributed by atoms with Gasteiger partial charge in [-0.3, -0.25) is 10.2 Å². The van der Waals surface area contributed by atoms with Gasteiger partial charge in [-0.05, 0) is 37.1 Å². The average Bonchev–Trinajstić information content (AvgIpc) is 2.78. The van der Waals surface area contributed by atoms with Crippen LogP contribution < -0.4 is 5.43 Å². The predicted molar refractivity (Wildman–Crippen MR) is 102 cm³/mol. The number of para-hydroxylation sites is 1. The number of amides is 1. The Kier molecular flexibility index (Phi) is 4.79. The number of piperidine rings is 1. The van der Waals surface area contributed by atoms with E-state index in [1.165, 1.54) is 6.42 Å². The van der Waals surface area contributed by atoms with Gasteiger partial charge in [-0.15, -0.1) is 0 Å². The van der Waals surface area contributed by atoms with Crippen LogP contribution in [0.3, 0.4) is 0 Å². The fourth-order valence-electron chi connectivity index (χ4n) is 3.14. The Balaban J connectivity index is 1.69. The third-order valence-electron chi connectivity index (χ3n) is 4.40. The molecule has 0 saturated carbocycles. The van der Waals surface area contributed by atoms with Gasteiger partial charge in [0.15, 0.2) is 0 Å². The molecular weight excluding hydrogens is 354 g/mol. The lowest BCUT2D eigenvalue weighted by Crippen LogP contribution is -2.45. The maximum atomic E-state index is 12.8. The minimum Gasteiger partial charge on any atom is -0.285 e. The first-order chi connectivity index (χ1) is 12.2. The lowest BCUT2D eigenvalue weighted by atomic mass is 10.1. The van der Waals surface area contributed by atoms with E-state index in [9.17, 15) is 4.79 Å². The smallest absolute Gasteiger partial charge is 0.266 e. The molecule has 0 aliphatic carbocycles. The third-order valence-corrected chi connectivity index (χ3v) is 5.80. The summed E-state index contributed by atoms with van der Waals surface area (Å²) in [5.41, 5.74) is 5.12. The molecule has 2 heterocycles. The Bertz CT molecular complexity index is 846. The molecule has 1 fully saturated rings. The molecule has 2 aliphatic heterocycles. The number of carbonyl (C=O) groups excluding carboxylic acids is 1. The Morgan fingerprint density at radius 3 is 2.64 bits per heavy atom. The van der Waals surface area contributed by atoms with E-state index < -0.39 is 0 Å². The van der Waals surface area contributed by atoms with Gasteiger partial charge in [0.2, 0.25) is 0 Å². The van der Waals surface area contributed by atoms with Gasteiger partial charge in [0.05, 0.1) is 11.3 Å². The van der Waals surface area contributed by atoms with Crippen LogP contribution in [0, 0.1) is 0 Å². The molecule has 0 aromatic heterocycles. The molecule has 2 aliphatic rings. The van der Waals surface area contributed by atoms with E-state index in [4.69, 9.17) is 11.6 Å². The number of carbonyl (C=O) groups is 1. The highest BCUT2D eigenvalue weighted by molar-refractivity contribution is 7.99. The topological polar surface area (TPSA) is 44.7 Å². The van der Waals surface area contributed by atoms with Gasteiger partial charge in [-0.2, -0.15) is 0 Å². The summed E-state index contributed by atoms with van der Waals surface area (Å²) in [7, 11) is 0. The second-order valence-corrected chi connectivity index (χ2v) is 7.58. The van der Waals surface area contributed by atoms with Crippen molar-refractivity contribution < 1.29 is 4.79 Å². The predicted octanol–water partition coefficient (Wildman–Crippen LogP) is 4.60. The Morgan fingerprint density at radius 2 is 1.80 bits per heavy atom. The zero-order valence-electron chi connectivity index (χ0n) is 13.7. The zero-order chi connectivity index (χ0) is 17.2. The van der Waals surface area contributed by atoms with E-state index in [-0.39, 0.29) is 5.91 Å². The molecule has 4 rings (SSSR count). The highest BCUT2D eigenvalue weighted by Crippen LogP contribution is 2.41. The minimum absolute atomic E-state index is 0.126. The second kappa shape index (κ2) is 7.20. The maximum Gasteiger partial charge on any atom is 0.266 e. The normalized spacial score (nSPS) is 17.1. The van der Waals surface area contributed by atoms with Gasteiger partial charge >= 0.3 is 0 Å². The summed E-state index contributed by atoms with van der Waals surface area (Å²) in [4.78, 5) is 19.4. The minimum atomic E-state index is -0.126. The van der Waals surface area contributed by atoms with Crippen molar-refractivity contribution in [2.45, 2.75) is 29.1 Å². The molecule has 4 nitrogen and oxygen atoms in total. The van der Waals surface area contributed by atoms with Crippen LogP contribution in [0.2, 0.25) is 0 Å². The molecule has 0 spiro atoms. The lowest BCUT2D eigenvalue weighted by Gasteiger charge is -2.27. The molecule has 6 heteroatoms. The van der Waals surface area contributed by atoms with Crippen molar-refractivity contribution >= 4 is 40.1 Å². The number of hydrogen-bond acceptors (Lipinski definition) is 4. The number of rotatable bonds is 2. The number of nitrogens with one attached hydrogen (secondary N) is 1. The van der Waals surface area contributed by atoms with E-state index in [2.05, 4.69) is 10.4 Å². The molecular formula is C19H18ClN3OS. The summed E-state index contributed by atoms with van der Waals surface area (Å²) in [5, 5.41) is 2.35. The largest absolute Gasteiger partial charge is 0.285 e. The summed E-state index contributed by atoms with van der Waals surface area (Å²) >= 11 is 8.11. The molecule has 2 aromatic carbocycles. The number of benzene rings is 2. The van der Waals surface area contributed by atoms with Crippen LogP contribution >= 0.6 is 23.4 Å². The van der Waals surface area contributed by atoms with E-state index in [0.717, 1.165) is 41.4 Å². The number of hydrazine groups is 1. The number of fused-ring (bicyclic) bond motifs is 2. The quantitative estimate of drug-likeness (QED) is 0.839. The number of nitrogens with zero attached hydrogens (tertiary/aromatic N) is 2. The Labute approximate surface area is 156 Å². The van der Waals surface area contributed by atoms with Crippen LogP contribution in [0.15, 0.2) is 57.2 Å². The van der Waals surface area contributed by atoms with Crippen molar-refractivity contribution in [3.63, 3.8) is 0 Å². The molecule has 1 amide bonds. The van der Waals surface area contributed by atoms with Crippen molar-refractivity contribution in [2.24, 2.45) is 4.99 Å². The standard InChI is InChI=1S/C19H18ClN3OS/c20-18-17-13(19(24)22-23-11-4-1-5-12-23)7-6-10-16(17)25-15-9-3-2-8-14(15)21-18/h2-3,6-10H,1,4-5,11-12H2,(H,22,24). The van der Waals surface area contributed by atoms with Gasteiger partial charge in [-0.1, -0.05) is 48.0 Å². The lowest BCUT2D eigenvalue weighted by molar-refractivity contribution is 0.0749. The summed E-state index contributed by atoms with van der Waals surface area (Å²) in [5.74, 6) is -0.126. The van der Waals surface area contributed by atoms with Gasteiger partial charge in [0.1, 0.15) is 5.17 Å². The van der Waals surface area contributed by atoms with Crippen molar-refractivity contribution in [3.05, 3.63) is 53.6 Å². The summed E-state index contributed by atoms with van der Waals surface area (Å²) in [6, 6.07) is 13.6. The number of aliphatic imine (C=N–C) groups is 1. The first-order valence-corrected chi connectivity index (χ1v) is 9.62. The van der Waals surface area contributed by atoms with Gasteiger partial charge < -0.3 is 0 Å². The molecule has 0 unspecified atom stereocenters. The fourth-order valence-corrected chi connectivity index (χ4v) is 4.55. The Hall–Kier alpha value is -1.82. The summed E-state index contributed by atoms with van der Waals surface area (Å²) in [6.07, 6.45) is 3.45. The third kappa shape index (κ3) is 3.45. The monoisotopic (exact) mass is 371 g/mol. The molecule has 2 aromatic rings. The van der Waals surface area contributed by atoms with Crippen molar-refractivity contribution in [3.8, 4) is 0 Å². The average molecular weight is 372 g/mol. The molecule has 128 valence electrons. The molecule has 25 heavy (non-hydrogen) atoms. The van der Waals surface area contributed by atoms with Crippen LogP contribution in [-0.2, 0) is 0 Å².